The Morgan fingerprint density at radius 3 is 2.43 bits per heavy atom. The van der Waals surface area contributed by atoms with Crippen LogP contribution in [0.3, 0.4) is 0 Å². The molecule has 1 heterocycles. The van der Waals surface area contributed by atoms with Crippen molar-refractivity contribution >= 4 is 0 Å². The largest absolute Gasteiger partial charge is 0.352 e. The molecule has 1 saturated heterocycles. The van der Waals surface area contributed by atoms with Gasteiger partial charge in [-0.1, -0.05) is 0 Å². The molecule has 2 atom stereocenters. The number of nitriles is 1. The van der Waals surface area contributed by atoms with Gasteiger partial charge in [-0.15, -0.1) is 0 Å². The first-order valence-corrected chi connectivity index (χ1v) is 2.00. The zero-order valence-electron chi connectivity index (χ0n) is 3.88. The molecule has 3 heteroatoms. The van der Waals surface area contributed by atoms with Crippen LogP contribution in [0.2, 0.25) is 0 Å². The molecule has 1 rings (SSSR count). The van der Waals surface area contributed by atoms with E-state index in [0.717, 1.165) is 0 Å². The SMILES string of the molecule is CC1OC1(O)C#N. The Morgan fingerprint density at radius 2 is 2.43 bits per heavy atom. The molecule has 3 nitrogen and oxygen atoms in total. The summed E-state index contributed by atoms with van der Waals surface area (Å²) in [7, 11) is 0. The molecule has 1 N–H and O–H groups in total. The number of aliphatic hydroxyl groups is 1. The Balaban J connectivity index is 2.57. The van der Waals surface area contributed by atoms with E-state index in [1.54, 1.807) is 13.0 Å². The Morgan fingerprint density at radius 1 is 2.00 bits per heavy atom. The van der Waals surface area contributed by atoms with Crippen LogP contribution >= 0.6 is 0 Å². The van der Waals surface area contributed by atoms with Crippen LogP contribution in [0.1, 0.15) is 6.92 Å². The van der Waals surface area contributed by atoms with Gasteiger partial charge in [0, 0.05) is 0 Å². The van der Waals surface area contributed by atoms with Crippen molar-refractivity contribution in [2.45, 2.75) is 18.8 Å². The fourth-order valence-electron chi connectivity index (χ4n) is 0.353. The number of rotatable bonds is 0. The van der Waals surface area contributed by atoms with Crippen molar-refractivity contribution in [2.75, 3.05) is 0 Å². The number of hydrogen-bond donors (Lipinski definition) is 1. The molecule has 0 aromatic carbocycles. The van der Waals surface area contributed by atoms with E-state index >= 15 is 0 Å². The summed E-state index contributed by atoms with van der Waals surface area (Å²) in [5, 5.41) is 16.6. The molecule has 0 spiro atoms. The third-order valence-electron chi connectivity index (χ3n) is 1.01. The zero-order chi connectivity index (χ0) is 5.49. The first-order valence-electron chi connectivity index (χ1n) is 2.00. The van der Waals surface area contributed by atoms with E-state index in [0.29, 0.717) is 0 Å². The van der Waals surface area contributed by atoms with Gasteiger partial charge >= 0.3 is 0 Å². The quantitative estimate of drug-likeness (QED) is 0.332. The number of ether oxygens (including phenoxy) is 1. The van der Waals surface area contributed by atoms with Gasteiger partial charge in [0.1, 0.15) is 12.2 Å². The second-order valence-corrected chi connectivity index (χ2v) is 1.57. The maximum absolute atomic E-state index is 8.62. The smallest absolute Gasteiger partial charge is 0.284 e. The van der Waals surface area contributed by atoms with Crippen LogP contribution in [0, 0.1) is 11.3 Å². The summed E-state index contributed by atoms with van der Waals surface area (Å²) in [5.74, 6) is -1.44. The van der Waals surface area contributed by atoms with Gasteiger partial charge < -0.3 is 9.84 Å². The highest BCUT2D eigenvalue weighted by Gasteiger charge is 2.53. The van der Waals surface area contributed by atoms with E-state index in [-0.39, 0.29) is 6.10 Å². The van der Waals surface area contributed by atoms with Gasteiger partial charge in [-0.2, -0.15) is 5.26 Å². The highest BCUT2D eigenvalue weighted by Crippen LogP contribution is 2.31. The van der Waals surface area contributed by atoms with Gasteiger partial charge in [-0.05, 0) is 6.92 Å². The molecule has 0 bridgehead atoms. The average Bonchev–Trinajstić information content (AvgIpc) is 2.18. The lowest BCUT2D eigenvalue weighted by molar-refractivity contribution is 0.0897. The van der Waals surface area contributed by atoms with Crippen molar-refractivity contribution in [3.8, 4) is 6.07 Å². The normalized spacial score (nSPS) is 47.9. The van der Waals surface area contributed by atoms with Crippen molar-refractivity contribution in [3.63, 3.8) is 0 Å². The Hall–Kier alpha value is -0.590. The highest BCUT2D eigenvalue weighted by atomic mass is 16.7. The summed E-state index contributed by atoms with van der Waals surface area (Å²) >= 11 is 0. The molecule has 1 aliphatic rings. The minimum atomic E-state index is -1.44. The van der Waals surface area contributed by atoms with Crippen LogP contribution in [0.4, 0.5) is 0 Å². The maximum Gasteiger partial charge on any atom is 0.284 e. The minimum absolute atomic E-state index is 0.294. The highest BCUT2D eigenvalue weighted by molar-refractivity contribution is 5.07. The van der Waals surface area contributed by atoms with E-state index in [1.165, 1.54) is 0 Å². The van der Waals surface area contributed by atoms with E-state index in [1.807, 2.05) is 0 Å². The van der Waals surface area contributed by atoms with Crippen LogP contribution in [0.15, 0.2) is 0 Å². The predicted molar refractivity (Wildman–Crippen MR) is 21.1 cm³/mol. The number of epoxide rings is 1. The Labute approximate surface area is 41.1 Å². The molecule has 0 aromatic rings. The van der Waals surface area contributed by atoms with Crippen LogP contribution in [-0.2, 0) is 4.74 Å². The third-order valence-corrected chi connectivity index (χ3v) is 1.01. The lowest BCUT2D eigenvalue weighted by Crippen LogP contribution is -2.07. The van der Waals surface area contributed by atoms with Gasteiger partial charge in [0.2, 0.25) is 0 Å². The molecule has 0 saturated carbocycles. The van der Waals surface area contributed by atoms with Gasteiger partial charge in [-0.3, -0.25) is 0 Å². The van der Waals surface area contributed by atoms with E-state index in [9.17, 15) is 0 Å². The molecule has 1 fully saturated rings. The topological polar surface area (TPSA) is 56.5 Å². The lowest BCUT2D eigenvalue weighted by atomic mass is 10.3. The third kappa shape index (κ3) is 0.483. The molecule has 0 aliphatic carbocycles. The summed E-state index contributed by atoms with van der Waals surface area (Å²) in [5.41, 5.74) is 0. The molecule has 1 aliphatic heterocycles. The van der Waals surface area contributed by atoms with Crippen molar-refractivity contribution in [3.05, 3.63) is 0 Å². The monoisotopic (exact) mass is 99.0 g/mol. The van der Waals surface area contributed by atoms with Crippen LogP contribution in [0.5, 0.6) is 0 Å². The molecule has 2 unspecified atom stereocenters. The standard InChI is InChI=1S/C4H5NO2/c1-3-4(6,2-5)7-3/h3,6H,1H3. The summed E-state index contributed by atoms with van der Waals surface area (Å²) in [6.45, 7) is 1.64. The van der Waals surface area contributed by atoms with Crippen molar-refractivity contribution in [1.82, 2.24) is 0 Å². The zero-order valence-corrected chi connectivity index (χ0v) is 3.88. The molecule has 0 radical (unpaired) electrons. The lowest BCUT2D eigenvalue weighted by Gasteiger charge is -1.81. The summed E-state index contributed by atoms with van der Waals surface area (Å²) in [6, 6.07) is 1.60. The second kappa shape index (κ2) is 0.971. The Bertz CT molecular complexity index is 128. The van der Waals surface area contributed by atoms with Crippen molar-refractivity contribution in [2.24, 2.45) is 0 Å². The first-order chi connectivity index (χ1) is 3.19. The summed E-state index contributed by atoms with van der Waals surface area (Å²) in [6.07, 6.45) is -0.294. The van der Waals surface area contributed by atoms with E-state index in [2.05, 4.69) is 4.74 Å². The summed E-state index contributed by atoms with van der Waals surface area (Å²) in [4.78, 5) is 0. The fourth-order valence-corrected chi connectivity index (χ4v) is 0.353. The van der Waals surface area contributed by atoms with E-state index < -0.39 is 5.79 Å². The van der Waals surface area contributed by atoms with Gasteiger partial charge in [0.25, 0.3) is 5.79 Å². The average molecular weight is 99.1 g/mol. The molecular weight excluding hydrogens is 94.0 g/mol. The second-order valence-electron chi connectivity index (χ2n) is 1.57. The molecule has 0 aromatic heterocycles. The minimum Gasteiger partial charge on any atom is -0.352 e. The molecule has 0 amide bonds. The predicted octanol–water partition coefficient (Wildman–Crippen LogP) is -0.383. The molecule has 7 heavy (non-hydrogen) atoms. The van der Waals surface area contributed by atoms with Crippen LogP contribution < -0.4 is 0 Å². The van der Waals surface area contributed by atoms with Crippen molar-refractivity contribution in [1.29, 1.82) is 5.26 Å². The Kier molecular flexibility index (Phi) is 0.633. The van der Waals surface area contributed by atoms with Gasteiger partial charge in [0.05, 0.1) is 0 Å². The van der Waals surface area contributed by atoms with E-state index in [4.69, 9.17) is 10.4 Å². The van der Waals surface area contributed by atoms with Crippen LogP contribution in [-0.4, -0.2) is 17.0 Å². The number of hydrogen-bond acceptors (Lipinski definition) is 3. The van der Waals surface area contributed by atoms with Gasteiger partial charge in [0.15, 0.2) is 0 Å². The fraction of sp³-hybridized carbons (Fsp3) is 0.750. The molecule has 38 valence electrons. The summed E-state index contributed by atoms with van der Waals surface area (Å²) < 4.78 is 4.45. The first kappa shape index (κ1) is 4.57. The molecular formula is C4H5NO2. The number of nitrogens with zero attached hydrogens (tertiary/aromatic N) is 1. The van der Waals surface area contributed by atoms with Crippen molar-refractivity contribution < 1.29 is 9.84 Å². The van der Waals surface area contributed by atoms with Crippen LogP contribution in [0.25, 0.3) is 0 Å². The van der Waals surface area contributed by atoms with Gasteiger partial charge in [-0.25, -0.2) is 0 Å². The maximum atomic E-state index is 8.62.